The number of benzene rings is 1. The zero-order valence-electron chi connectivity index (χ0n) is 11.2. The number of hydrogen-bond acceptors (Lipinski definition) is 6. The molecule has 8 heteroatoms. The van der Waals surface area contributed by atoms with Crippen LogP contribution in [0.25, 0.3) is 0 Å². The Bertz CT molecular complexity index is 639. The van der Waals surface area contributed by atoms with Crippen LogP contribution in [0.1, 0.15) is 10.7 Å². The minimum atomic E-state index is -0.494. The monoisotopic (exact) mass is 307 g/mol. The summed E-state index contributed by atoms with van der Waals surface area (Å²) in [5.41, 5.74) is 0.784. The number of aryl methyl sites for hydroxylation is 1. The lowest BCUT2D eigenvalue weighted by Crippen LogP contribution is -2.28. The second kappa shape index (κ2) is 6.80. The third kappa shape index (κ3) is 4.53. The Morgan fingerprint density at radius 1 is 1.43 bits per heavy atom. The second-order valence-electron chi connectivity index (χ2n) is 4.17. The van der Waals surface area contributed by atoms with Gasteiger partial charge in [-0.1, -0.05) is 0 Å². The molecule has 0 saturated carbocycles. The fraction of sp³-hybridized carbons (Fsp3) is 0.231. The van der Waals surface area contributed by atoms with E-state index in [1.807, 2.05) is 12.3 Å². The lowest BCUT2D eigenvalue weighted by Gasteiger charge is -2.06. The van der Waals surface area contributed by atoms with Crippen LogP contribution >= 0.6 is 11.3 Å². The summed E-state index contributed by atoms with van der Waals surface area (Å²) < 4.78 is 5.24. The molecule has 0 unspecified atom stereocenters. The quantitative estimate of drug-likeness (QED) is 0.651. The highest BCUT2D eigenvalue weighted by molar-refractivity contribution is 7.09. The van der Waals surface area contributed by atoms with Crippen LogP contribution in [-0.4, -0.2) is 22.4 Å². The van der Waals surface area contributed by atoms with Crippen LogP contribution in [0.15, 0.2) is 29.6 Å². The van der Waals surface area contributed by atoms with E-state index < -0.39 is 4.92 Å². The molecule has 0 radical (unpaired) electrons. The number of nitro groups is 1. The molecule has 1 amide bonds. The largest absolute Gasteiger partial charge is 0.484 e. The minimum Gasteiger partial charge on any atom is -0.484 e. The molecule has 0 spiro atoms. The first kappa shape index (κ1) is 14.9. The van der Waals surface area contributed by atoms with Gasteiger partial charge in [-0.2, -0.15) is 0 Å². The second-order valence-corrected chi connectivity index (χ2v) is 5.24. The molecular weight excluding hydrogens is 294 g/mol. The van der Waals surface area contributed by atoms with Crippen LogP contribution in [0, 0.1) is 17.0 Å². The molecule has 0 atom stereocenters. The molecule has 0 saturated heterocycles. The van der Waals surface area contributed by atoms with Gasteiger partial charge >= 0.3 is 0 Å². The van der Waals surface area contributed by atoms with Crippen molar-refractivity contribution < 1.29 is 14.5 Å². The van der Waals surface area contributed by atoms with Crippen LogP contribution in [0.4, 0.5) is 5.69 Å². The molecule has 2 rings (SSSR count). The first-order valence-electron chi connectivity index (χ1n) is 6.09. The first-order chi connectivity index (χ1) is 10.0. The summed E-state index contributed by atoms with van der Waals surface area (Å²) in [5.74, 6) is 0.124. The van der Waals surface area contributed by atoms with Crippen molar-refractivity contribution >= 4 is 22.9 Å². The van der Waals surface area contributed by atoms with Gasteiger partial charge in [0.2, 0.25) is 0 Å². The summed E-state index contributed by atoms with van der Waals surface area (Å²) in [7, 11) is 0. The van der Waals surface area contributed by atoms with Crippen molar-refractivity contribution in [3.05, 3.63) is 50.5 Å². The summed E-state index contributed by atoms with van der Waals surface area (Å²) in [6.07, 6.45) is 0. The maximum atomic E-state index is 11.6. The molecule has 1 aromatic carbocycles. The topological polar surface area (TPSA) is 94.4 Å². The summed E-state index contributed by atoms with van der Waals surface area (Å²) in [6, 6.07) is 5.56. The number of non-ortho nitro benzene ring substituents is 1. The number of nitrogens with one attached hydrogen (secondary N) is 1. The van der Waals surface area contributed by atoms with Crippen molar-refractivity contribution in [3.63, 3.8) is 0 Å². The molecule has 1 N–H and O–H groups in total. The lowest BCUT2D eigenvalue weighted by atomic mass is 10.3. The number of thiazole rings is 1. The highest BCUT2D eigenvalue weighted by Gasteiger charge is 2.07. The summed E-state index contributed by atoms with van der Waals surface area (Å²) in [6.45, 7) is 2.10. The highest BCUT2D eigenvalue weighted by Crippen LogP contribution is 2.17. The Morgan fingerprint density at radius 2 is 2.14 bits per heavy atom. The molecular formula is C13H13N3O4S. The number of hydrogen-bond donors (Lipinski definition) is 1. The number of aromatic nitrogens is 1. The molecule has 0 aliphatic carbocycles. The molecule has 110 valence electrons. The molecule has 21 heavy (non-hydrogen) atoms. The summed E-state index contributed by atoms with van der Waals surface area (Å²) in [4.78, 5) is 25.8. The predicted molar refractivity (Wildman–Crippen MR) is 77.3 cm³/mol. The van der Waals surface area contributed by atoms with Gasteiger partial charge in [0.15, 0.2) is 6.61 Å². The van der Waals surface area contributed by atoms with E-state index in [0.29, 0.717) is 12.3 Å². The molecule has 0 aliphatic heterocycles. The summed E-state index contributed by atoms with van der Waals surface area (Å²) >= 11 is 1.52. The van der Waals surface area contributed by atoms with Crippen molar-refractivity contribution in [1.82, 2.24) is 10.3 Å². The zero-order chi connectivity index (χ0) is 15.2. The van der Waals surface area contributed by atoms with E-state index in [9.17, 15) is 14.9 Å². The van der Waals surface area contributed by atoms with E-state index in [0.717, 1.165) is 10.7 Å². The molecule has 0 aliphatic rings. The van der Waals surface area contributed by atoms with Crippen LogP contribution < -0.4 is 10.1 Å². The Kier molecular flexibility index (Phi) is 4.83. The van der Waals surface area contributed by atoms with Crippen molar-refractivity contribution in [3.8, 4) is 5.75 Å². The fourth-order valence-corrected chi connectivity index (χ4v) is 2.16. The van der Waals surface area contributed by atoms with Gasteiger partial charge in [0.1, 0.15) is 5.75 Å². The smallest absolute Gasteiger partial charge is 0.269 e. The van der Waals surface area contributed by atoms with E-state index in [2.05, 4.69) is 10.3 Å². The molecule has 2 aromatic rings. The van der Waals surface area contributed by atoms with Crippen molar-refractivity contribution in [2.75, 3.05) is 6.61 Å². The van der Waals surface area contributed by atoms with Gasteiger partial charge in [0, 0.05) is 17.5 Å². The number of amides is 1. The highest BCUT2D eigenvalue weighted by atomic mass is 32.1. The number of ether oxygens (including phenoxy) is 1. The van der Waals surface area contributed by atoms with Gasteiger partial charge in [-0.15, -0.1) is 11.3 Å². The number of carbonyl (C=O) groups is 1. The van der Waals surface area contributed by atoms with Gasteiger partial charge in [-0.05, 0) is 19.1 Å². The van der Waals surface area contributed by atoms with Gasteiger partial charge in [-0.3, -0.25) is 14.9 Å². The number of carbonyl (C=O) groups excluding carboxylic acids is 1. The molecule has 1 aromatic heterocycles. The number of rotatable bonds is 6. The summed E-state index contributed by atoms with van der Waals surface area (Å²) in [5, 5.41) is 16.0. The standard InChI is InChI=1S/C13H13N3O4S/c1-9-15-10(8-21-9)6-14-13(17)7-20-12-4-2-11(3-5-12)16(18)19/h2-5,8H,6-7H2,1H3,(H,14,17). The Hall–Kier alpha value is -2.48. The van der Waals surface area contributed by atoms with Gasteiger partial charge < -0.3 is 10.1 Å². The third-order valence-electron chi connectivity index (χ3n) is 2.55. The number of nitro benzene ring substituents is 1. The average Bonchev–Trinajstić information content (AvgIpc) is 2.89. The van der Waals surface area contributed by atoms with Gasteiger partial charge in [-0.25, -0.2) is 4.98 Å². The first-order valence-corrected chi connectivity index (χ1v) is 6.97. The van der Waals surface area contributed by atoms with Gasteiger partial charge in [0.05, 0.1) is 22.2 Å². The van der Waals surface area contributed by atoms with E-state index in [1.165, 1.54) is 35.6 Å². The van der Waals surface area contributed by atoms with Gasteiger partial charge in [0.25, 0.3) is 11.6 Å². The maximum Gasteiger partial charge on any atom is 0.269 e. The Morgan fingerprint density at radius 3 is 2.71 bits per heavy atom. The Labute approximate surface area is 124 Å². The minimum absolute atomic E-state index is 0.0225. The van der Waals surface area contributed by atoms with E-state index >= 15 is 0 Å². The van der Waals surface area contributed by atoms with Crippen LogP contribution in [0.3, 0.4) is 0 Å². The van der Waals surface area contributed by atoms with Crippen molar-refractivity contribution in [2.24, 2.45) is 0 Å². The van der Waals surface area contributed by atoms with Crippen molar-refractivity contribution in [1.29, 1.82) is 0 Å². The predicted octanol–water partition coefficient (Wildman–Crippen LogP) is 2.05. The van der Waals surface area contributed by atoms with E-state index in [-0.39, 0.29) is 18.2 Å². The molecule has 7 nitrogen and oxygen atoms in total. The van der Waals surface area contributed by atoms with Crippen LogP contribution in [0.5, 0.6) is 5.75 Å². The Balaban J connectivity index is 1.77. The third-order valence-corrected chi connectivity index (χ3v) is 3.37. The zero-order valence-corrected chi connectivity index (χ0v) is 12.1. The number of nitrogens with zero attached hydrogens (tertiary/aromatic N) is 2. The molecule has 1 heterocycles. The fourth-order valence-electron chi connectivity index (χ4n) is 1.54. The SMILES string of the molecule is Cc1nc(CNC(=O)COc2ccc([N+](=O)[O-])cc2)cs1. The van der Waals surface area contributed by atoms with Crippen LogP contribution in [-0.2, 0) is 11.3 Å². The lowest BCUT2D eigenvalue weighted by molar-refractivity contribution is -0.384. The van der Waals surface area contributed by atoms with Crippen molar-refractivity contribution in [2.45, 2.75) is 13.5 Å². The average molecular weight is 307 g/mol. The molecule has 0 bridgehead atoms. The molecule has 0 fully saturated rings. The normalized spacial score (nSPS) is 10.1. The van der Waals surface area contributed by atoms with E-state index in [1.54, 1.807) is 0 Å². The van der Waals surface area contributed by atoms with Crippen LogP contribution in [0.2, 0.25) is 0 Å². The maximum absolute atomic E-state index is 11.6. The van der Waals surface area contributed by atoms with E-state index in [4.69, 9.17) is 4.74 Å².